The lowest BCUT2D eigenvalue weighted by Crippen LogP contribution is -2.42. The highest BCUT2D eigenvalue weighted by Crippen LogP contribution is 2.22. The van der Waals surface area contributed by atoms with Crippen LogP contribution < -0.4 is 5.32 Å². The van der Waals surface area contributed by atoms with Crippen LogP contribution in [0, 0.1) is 0 Å². The molecule has 1 aromatic carbocycles. The van der Waals surface area contributed by atoms with Gasteiger partial charge < -0.3 is 15.1 Å². The molecule has 1 atom stereocenters. The molecule has 0 amide bonds. The van der Waals surface area contributed by atoms with Crippen molar-refractivity contribution in [2.75, 3.05) is 40.8 Å². The van der Waals surface area contributed by atoms with E-state index in [1.807, 2.05) is 0 Å². The lowest BCUT2D eigenvalue weighted by atomic mass is 10.0. The standard InChI is InChI=1S/C17H28BrN3/c1-19-17(14-5-4-6-15(18)13-14)9-12-21-10-7-16(8-11-21)20(2)3/h4-6,13,16-17,19H,7-12H2,1-3H3. The van der Waals surface area contributed by atoms with E-state index >= 15 is 0 Å². The molecule has 0 bridgehead atoms. The number of rotatable bonds is 6. The number of hydrogen-bond acceptors (Lipinski definition) is 3. The van der Waals surface area contributed by atoms with Gasteiger partial charge in [0.05, 0.1) is 0 Å². The first-order valence-corrected chi connectivity index (χ1v) is 8.71. The smallest absolute Gasteiger partial charge is 0.0330 e. The van der Waals surface area contributed by atoms with E-state index in [-0.39, 0.29) is 0 Å². The predicted octanol–water partition coefficient (Wildman–Crippen LogP) is 3.13. The highest BCUT2D eigenvalue weighted by atomic mass is 79.9. The van der Waals surface area contributed by atoms with Crippen LogP contribution in [0.1, 0.15) is 30.9 Å². The number of nitrogens with zero attached hydrogens (tertiary/aromatic N) is 2. The Bertz CT molecular complexity index is 428. The highest BCUT2D eigenvalue weighted by molar-refractivity contribution is 9.10. The van der Waals surface area contributed by atoms with E-state index in [4.69, 9.17) is 0 Å². The van der Waals surface area contributed by atoms with E-state index < -0.39 is 0 Å². The fraction of sp³-hybridized carbons (Fsp3) is 0.647. The minimum atomic E-state index is 0.439. The molecule has 0 aromatic heterocycles. The van der Waals surface area contributed by atoms with Gasteiger partial charge >= 0.3 is 0 Å². The van der Waals surface area contributed by atoms with Crippen molar-refractivity contribution in [3.05, 3.63) is 34.3 Å². The first-order valence-electron chi connectivity index (χ1n) is 7.91. The van der Waals surface area contributed by atoms with E-state index in [1.165, 1.54) is 44.5 Å². The largest absolute Gasteiger partial charge is 0.313 e. The van der Waals surface area contributed by atoms with Crippen LogP contribution in [-0.4, -0.2) is 56.6 Å². The normalized spacial score (nSPS) is 19.1. The first-order chi connectivity index (χ1) is 10.1. The Balaban J connectivity index is 1.82. The van der Waals surface area contributed by atoms with Crippen LogP contribution in [0.4, 0.5) is 0 Å². The molecule has 1 aromatic rings. The number of benzene rings is 1. The minimum Gasteiger partial charge on any atom is -0.313 e. The summed E-state index contributed by atoms with van der Waals surface area (Å²) in [6, 6.07) is 9.85. The highest BCUT2D eigenvalue weighted by Gasteiger charge is 2.21. The topological polar surface area (TPSA) is 18.5 Å². The lowest BCUT2D eigenvalue weighted by Gasteiger charge is -2.35. The number of nitrogens with one attached hydrogen (secondary N) is 1. The average Bonchev–Trinajstić information content (AvgIpc) is 2.48. The van der Waals surface area contributed by atoms with Gasteiger partial charge in [0.25, 0.3) is 0 Å². The molecule has 2 rings (SSSR count). The Hall–Kier alpha value is -0.420. The molecule has 1 unspecified atom stereocenters. The molecule has 1 aliphatic rings. The molecule has 3 nitrogen and oxygen atoms in total. The molecule has 1 heterocycles. The van der Waals surface area contributed by atoms with Gasteiger partial charge in [-0.2, -0.15) is 0 Å². The van der Waals surface area contributed by atoms with Gasteiger partial charge in [0.15, 0.2) is 0 Å². The van der Waals surface area contributed by atoms with Gasteiger partial charge in [-0.25, -0.2) is 0 Å². The van der Waals surface area contributed by atoms with Gasteiger partial charge in [0, 0.05) is 16.6 Å². The number of likely N-dealkylation sites (tertiary alicyclic amines) is 1. The van der Waals surface area contributed by atoms with Crippen molar-refractivity contribution < 1.29 is 0 Å². The molecule has 0 spiro atoms. The Kier molecular flexibility index (Phi) is 6.68. The third-order valence-electron chi connectivity index (χ3n) is 4.62. The zero-order valence-corrected chi connectivity index (χ0v) is 15.1. The lowest BCUT2D eigenvalue weighted by molar-refractivity contribution is 0.141. The maximum absolute atomic E-state index is 3.56. The summed E-state index contributed by atoms with van der Waals surface area (Å²) in [6.45, 7) is 3.65. The molecule has 1 aliphatic heterocycles. The maximum Gasteiger partial charge on any atom is 0.0330 e. The van der Waals surface area contributed by atoms with Gasteiger partial charge in [-0.05, 0) is 77.7 Å². The minimum absolute atomic E-state index is 0.439. The molecule has 1 N–H and O–H groups in total. The Morgan fingerprint density at radius 1 is 1.33 bits per heavy atom. The van der Waals surface area contributed by atoms with E-state index in [9.17, 15) is 0 Å². The average molecular weight is 354 g/mol. The number of piperidine rings is 1. The van der Waals surface area contributed by atoms with Crippen molar-refractivity contribution in [2.45, 2.75) is 31.3 Å². The van der Waals surface area contributed by atoms with Crippen molar-refractivity contribution in [1.82, 2.24) is 15.1 Å². The first kappa shape index (κ1) is 16.9. The van der Waals surface area contributed by atoms with Gasteiger partial charge in [0.1, 0.15) is 0 Å². The maximum atomic E-state index is 3.56. The molecule has 1 fully saturated rings. The van der Waals surface area contributed by atoms with Gasteiger partial charge in [-0.3, -0.25) is 0 Å². The van der Waals surface area contributed by atoms with Crippen molar-refractivity contribution >= 4 is 15.9 Å². The molecule has 0 saturated carbocycles. The second-order valence-electron chi connectivity index (χ2n) is 6.22. The molecule has 1 saturated heterocycles. The molecule has 4 heteroatoms. The Morgan fingerprint density at radius 2 is 2.05 bits per heavy atom. The second kappa shape index (κ2) is 8.28. The monoisotopic (exact) mass is 353 g/mol. The third-order valence-corrected chi connectivity index (χ3v) is 5.11. The molecule has 0 radical (unpaired) electrons. The van der Waals surface area contributed by atoms with Crippen molar-refractivity contribution in [1.29, 1.82) is 0 Å². The fourth-order valence-electron chi connectivity index (χ4n) is 3.17. The van der Waals surface area contributed by atoms with Crippen molar-refractivity contribution in [3.63, 3.8) is 0 Å². The van der Waals surface area contributed by atoms with E-state index in [1.54, 1.807) is 0 Å². The summed E-state index contributed by atoms with van der Waals surface area (Å²) in [5.74, 6) is 0. The second-order valence-corrected chi connectivity index (χ2v) is 7.14. The molecule has 0 aliphatic carbocycles. The van der Waals surface area contributed by atoms with Gasteiger partial charge in [0.2, 0.25) is 0 Å². The number of hydrogen-bond donors (Lipinski definition) is 1. The predicted molar refractivity (Wildman–Crippen MR) is 93.7 cm³/mol. The zero-order valence-electron chi connectivity index (χ0n) is 13.5. The van der Waals surface area contributed by atoms with Gasteiger partial charge in [-0.15, -0.1) is 0 Å². The quantitative estimate of drug-likeness (QED) is 0.847. The Labute approximate surface area is 137 Å². The van der Waals surface area contributed by atoms with Crippen LogP contribution in [0.2, 0.25) is 0 Å². The summed E-state index contributed by atoms with van der Waals surface area (Å²) in [5, 5.41) is 3.46. The summed E-state index contributed by atoms with van der Waals surface area (Å²) in [6.07, 6.45) is 3.77. The molecule has 118 valence electrons. The third kappa shape index (κ3) is 5.06. The van der Waals surface area contributed by atoms with E-state index in [2.05, 4.69) is 76.5 Å². The van der Waals surface area contributed by atoms with E-state index in [0.29, 0.717) is 6.04 Å². The van der Waals surface area contributed by atoms with Crippen molar-refractivity contribution in [3.8, 4) is 0 Å². The SMILES string of the molecule is CNC(CCN1CCC(N(C)C)CC1)c1cccc(Br)c1. The van der Waals surface area contributed by atoms with Crippen LogP contribution in [0.15, 0.2) is 28.7 Å². The Morgan fingerprint density at radius 3 is 2.62 bits per heavy atom. The summed E-state index contributed by atoms with van der Waals surface area (Å²) in [5.41, 5.74) is 1.37. The summed E-state index contributed by atoms with van der Waals surface area (Å²) < 4.78 is 1.16. The number of halogens is 1. The van der Waals surface area contributed by atoms with Crippen LogP contribution in [-0.2, 0) is 0 Å². The van der Waals surface area contributed by atoms with Crippen LogP contribution in [0.5, 0.6) is 0 Å². The molecular formula is C17H28BrN3. The van der Waals surface area contributed by atoms with Crippen LogP contribution in [0.3, 0.4) is 0 Å². The van der Waals surface area contributed by atoms with Crippen molar-refractivity contribution in [2.24, 2.45) is 0 Å². The van der Waals surface area contributed by atoms with Crippen LogP contribution in [0.25, 0.3) is 0 Å². The summed E-state index contributed by atoms with van der Waals surface area (Å²) >= 11 is 3.56. The summed E-state index contributed by atoms with van der Waals surface area (Å²) in [7, 11) is 6.46. The zero-order chi connectivity index (χ0) is 15.2. The van der Waals surface area contributed by atoms with Crippen LogP contribution >= 0.6 is 15.9 Å². The fourth-order valence-corrected chi connectivity index (χ4v) is 3.59. The summed E-state index contributed by atoms with van der Waals surface area (Å²) in [4.78, 5) is 4.98. The molecule has 21 heavy (non-hydrogen) atoms. The van der Waals surface area contributed by atoms with E-state index in [0.717, 1.165) is 10.5 Å². The molecular weight excluding hydrogens is 326 g/mol. The van der Waals surface area contributed by atoms with Gasteiger partial charge in [-0.1, -0.05) is 28.1 Å².